The molecule has 1 fully saturated rings. The molecule has 0 radical (unpaired) electrons. The van der Waals surface area contributed by atoms with Gasteiger partial charge in [0.1, 0.15) is 0 Å². The number of nitrogens with one attached hydrogen (secondary N) is 1. The van der Waals surface area contributed by atoms with Gasteiger partial charge in [0.05, 0.1) is 7.11 Å². The second kappa shape index (κ2) is 9.58. The van der Waals surface area contributed by atoms with Crippen molar-refractivity contribution in [3.8, 4) is 0 Å². The van der Waals surface area contributed by atoms with Crippen LogP contribution in [0.4, 0.5) is 0 Å². The van der Waals surface area contributed by atoms with Gasteiger partial charge in [-0.25, -0.2) is 0 Å². The summed E-state index contributed by atoms with van der Waals surface area (Å²) in [5.74, 6) is 0.0440. The molecule has 1 amide bonds. The van der Waals surface area contributed by atoms with Gasteiger partial charge in [0.25, 0.3) is 7.82 Å². The van der Waals surface area contributed by atoms with Crippen LogP contribution >= 0.6 is 7.82 Å². The molecule has 0 atom stereocenters. The van der Waals surface area contributed by atoms with Crippen molar-refractivity contribution in [1.29, 1.82) is 0 Å². The monoisotopic (exact) mass is 364 g/mol. The molecular formula is C12H26KN2O6P. The molecule has 0 aliphatic carbocycles. The van der Waals surface area contributed by atoms with Crippen molar-refractivity contribution in [2.75, 3.05) is 7.11 Å². The van der Waals surface area contributed by atoms with Gasteiger partial charge in [-0.15, -0.1) is 0 Å². The van der Waals surface area contributed by atoms with E-state index < -0.39 is 7.82 Å². The van der Waals surface area contributed by atoms with Gasteiger partial charge in [-0.05, 0) is 40.5 Å². The van der Waals surface area contributed by atoms with Crippen molar-refractivity contribution in [3.05, 3.63) is 0 Å². The minimum absolute atomic E-state index is 0. The number of nitrogens with zero attached hydrogens (tertiary/aromatic N) is 1. The molecule has 10 heteroatoms. The van der Waals surface area contributed by atoms with E-state index in [1.54, 1.807) is 14.0 Å². The zero-order valence-electron chi connectivity index (χ0n) is 14.4. The molecule has 1 aliphatic rings. The zero-order chi connectivity index (χ0) is 17.1. The van der Waals surface area contributed by atoms with Crippen LogP contribution in [-0.2, 0) is 14.2 Å². The maximum atomic E-state index is 11.1. The first kappa shape index (κ1) is 25.4. The van der Waals surface area contributed by atoms with Crippen molar-refractivity contribution < 1.29 is 80.3 Å². The van der Waals surface area contributed by atoms with Crippen molar-refractivity contribution in [1.82, 2.24) is 10.4 Å². The van der Waals surface area contributed by atoms with Crippen LogP contribution in [0, 0.1) is 0 Å². The molecule has 0 bridgehead atoms. The zero-order valence-corrected chi connectivity index (χ0v) is 18.4. The minimum Gasteiger partial charge on any atom is -0.756 e. The Balaban J connectivity index is 0. The third kappa shape index (κ3) is 10.1. The fourth-order valence-electron chi connectivity index (χ4n) is 3.15. The average molecular weight is 364 g/mol. The largest absolute Gasteiger partial charge is 1.00 e. The molecule has 0 aromatic carbocycles. The van der Waals surface area contributed by atoms with Crippen LogP contribution in [0.25, 0.3) is 0 Å². The van der Waals surface area contributed by atoms with Gasteiger partial charge < -0.3 is 24.8 Å². The molecule has 0 aromatic rings. The van der Waals surface area contributed by atoms with E-state index in [1.165, 1.54) is 0 Å². The fraction of sp³-hybridized carbons (Fsp3) is 0.917. The first-order valence-electron chi connectivity index (χ1n) is 6.57. The molecule has 0 aromatic heterocycles. The SMILES string of the molecule is CON1C(C)(C)CC(NC(C)=O)CC1(C)C.O=P([O-])(O)O.[K+]. The van der Waals surface area contributed by atoms with Crippen LogP contribution < -0.4 is 61.6 Å². The third-order valence-electron chi connectivity index (χ3n) is 3.18. The Labute approximate surface area is 174 Å². The molecule has 1 saturated heterocycles. The molecular weight excluding hydrogens is 338 g/mol. The van der Waals surface area contributed by atoms with E-state index >= 15 is 0 Å². The summed E-state index contributed by atoms with van der Waals surface area (Å²) in [5, 5.41) is 5.06. The topological polar surface area (TPSA) is 122 Å². The Morgan fingerprint density at radius 2 is 1.59 bits per heavy atom. The molecule has 0 saturated carbocycles. The summed E-state index contributed by atoms with van der Waals surface area (Å²) in [7, 11) is -3.18. The minimum atomic E-state index is -4.89. The van der Waals surface area contributed by atoms with Gasteiger partial charge in [0.2, 0.25) is 5.91 Å². The fourth-order valence-corrected chi connectivity index (χ4v) is 3.15. The van der Waals surface area contributed by atoms with E-state index in [-0.39, 0.29) is 74.4 Å². The average Bonchev–Trinajstić information content (AvgIpc) is 2.08. The third-order valence-corrected chi connectivity index (χ3v) is 3.18. The van der Waals surface area contributed by atoms with E-state index in [4.69, 9.17) is 24.1 Å². The predicted molar refractivity (Wildman–Crippen MR) is 75.9 cm³/mol. The molecule has 8 nitrogen and oxygen atoms in total. The number of carbonyl (C=O) groups excluding carboxylic acids is 1. The summed E-state index contributed by atoms with van der Waals surface area (Å²) in [6.07, 6.45) is 1.81. The summed E-state index contributed by atoms with van der Waals surface area (Å²) >= 11 is 0. The van der Waals surface area contributed by atoms with Gasteiger partial charge in [0.15, 0.2) is 0 Å². The first-order chi connectivity index (χ1) is 9.19. The van der Waals surface area contributed by atoms with E-state index in [1.807, 2.05) is 5.06 Å². The summed E-state index contributed by atoms with van der Waals surface area (Å²) in [5.41, 5.74) is -0.132. The summed E-state index contributed by atoms with van der Waals surface area (Å²) in [6, 6.07) is 0.230. The van der Waals surface area contributed by atoms with Crippen LogP contribution in [-0.4, -0.2) is 45.0 Å². The van der Waals surface area contributed by atoms with Crippen molar-refractivity contribution in [2.24, 2.45) is 0 Å². The quantitative estimate of drug-likeness (QED) is 0.356. The summed E-state index contributed by atoms with van der Waals surface area (Å²) in [6.45, 7) is 10.2. The summed E-state index contributed by atoms with van der Waals surface area (Å²) in [4.78, 5) is 39.5. The molecule has 22 heavy (non-hydrogen) atoms. The molecule has 1 rings (SSSR count). The number of phosphoric acid groups is 1. The Morgan fingerprint density at radius 1 is 1.27 bits per heavy atom. The van der Waals surface area contributed by atoms with Gasteiger partial charge >= 0.3 is 51.4 Å². The van der Waals surface area contributed by atoms with Gasteiger partial charge in [-0.3, -0.25) is 9.36 Å². The number of carbonyl (C=O) groups is 1. The van der Waals surface area contributed by atoms with E-state index in [0.29, 0.717) is 0 Å². The van der Waals surface area contributed by atoms with Crippen LogP contribution in [0.3, 0.4) is 0 Å². The van der Waals surface area contributed by atoms with Crippen LogP contribution in [0.15, 0.2) is 0 Å². The van der Waals surface area contributed by atoms with Gasteiger partial charge in [-0.2, -0.15) is 5.06 Å². The number of hydrogen-bond donors (Lipinski definition) is 3. The molecule has 126 valence electrons. The predicted octanol–water partition coefficient (Wildman–Crippen LogP) is -2.85. The Kier molecular flexibility index (Phi) is 11.0. The van der Waals surface area contributed by atoms with Crippen LogP contribution in [0.1, 0.15) is 47.5 Å². The van der Waals surface area contributed by atoms with E-state index in [2.05, 4.69) is 33.0 Å². The Hall–Kier alpha value is 1.14. The number of rotatable bonds is 2. The maximum absolute atomic E-state index is 11.1. The number of amides is 1. The summed E-state index contributed by atoms with van der Waals surface area (Å²) < 4.78 is 8.77. The molecule has 1 aliphatic heterocycles. The first-order valence-corrected chi connectivity index (χ1v) is 8.10. The molecule has 3 N–H and O–H groups in total. The number of piperidine rings is 1. The van der Waals surface area contributed by atoms with Crippen molar-refractivity contribution >= 4 is 13.7 Å². The Morgan fingerprint density at radius 3 is 1.82 bits per heavy atom. The second-order valence-corrected chi connectivity index (χ2v) is 7.38. The smallest absolute Gasteiger partial charge is 0.756 e. The van der Waals surface area contributed by atoms with E-state index in [9.17, 15) is 4.79 Å². The van der Waals surface area contributed by atoms with Crippen molar-refractivity contribution in [3.63, 3.8) is 0 Å². The molecule has 1 heterocycles. The number of hydroxylamine groups is 2. The van der Waals surface area contributed by atoms with Crippen molar-refractivity contribution in [2.45, 2.75) is 64.6 Å². The maximum Gasteiger partial charge on any atom is 1.00 e. The molecule has 0 unspecified atom stereocenters. The van der Waals surface area contributed by atoms with Gasteiger partial charge in [-0.1, -0.05) is 0 Å². The molecule has 0 spiro atoms. The normalized spacial score (nSPS) is 21.1. The number of hydrogen-bond acceptors (Lipinski definition) is 5. The Bertz CT molecular complexity index is 386. The van der Waals surface area contributed by atoms with E-state index in [0.717, 1.165) is 12.8 Å². The second-order valence-electron chi connectivity index (χ2n) is 6.40. The van der Waals surface area contributed by atoms with Crippen LogP contribution in [0.2, 0.25) is 0 Å². The van der Waals surface area contributed by atoms with Gasteiger partial charge in [0, 0.05) is 24.0 Å². The van der Waals surface area contributed by atoms with Crippen LogP contribution in [0.5, 0.6) is 0 Å². The standard InChI is InChI=1S/C12H24N2O2.K.H3O4P/c1-9(15)13-10-7-11(2,3)14(16-6)12(4,5)8-10;;1-5(2,3)4/h10H,7-8H2,1-6H3,(H,13,15);;(H3,1,2,3,4)/q;+1;/p-1.